The van der Waals surface area contributed by atoms with Gasteiger partial charge in [0.05, 0.1) is 12.0 Å². The maximum Gasteiger partial charge on any atom is 0.0951 e. The summed E-state index contributed by atoms with van der Waals surface area (Å²) in [6.45, 7) is 3.35. The maximum absolute atomic E-state index is 4.45. The van der Waals surface area contributed by atoms with E-state index in [-0.39, 0.29) is 0 Å². The average Bonchev–Trinajstić information content (AvgIpc) is 3.28. The molecule has 1 saturated carbocycles. The molecule has 2 fully saturated rings. The summed E-state index contributed by atoms with van der Waals surface area (Å²) in [5, 5.41) is 7.27. The Labute approximate surface area is 138 Å². The number of nitrogens with one attached hydrogen (secondary N) is 1. The molecule has 0 unspecified atom stereocenters. The van der Waals surface area contributed by atoms with Crippen molar-refractivity contribution in [2.24, 2.45) is 0 Å². The fourth-order valence-electron chi connectivity index (χ4n) is 4.32. The minimum absolute atomic E-state index is 0.595. The van der Waals surface area contributed by atoms with Crippen LogP contribution < -0.4 is 0 Å². The summed E-state index contributed by atoms with van der Waals surface area (Å²) in [5.74, 6) is 0.595. The fourth-order valence-corrected chi connectivity index (χ4v) is 4.32. The Hall–Kier alpha value is -1.62. The molecule has 0 amide bonds. The predicted molar refractivity (Wildman–Crippen MR) is 90.2 cm³/mol. The number of aromatic nitrogens is 4. The minimum Gasteiger partial charge on any atom is -0.330 e. The van der Waals surface area contributed by atoms with E-state index in [1.54, 1.807) is 0 Å². The second-order valence-corrected chi connectivity index (χ2v) is 7.17. The lowest BCUT2D eigenvalue weighted by Crippen LogP contribution is -2.34. The highest BCUT2D eigenvalue weighted by Crippen LogP contribution is 2.30. The van der Waals surface area contributed by atoms with Crippen LogP contribution in [0.3, 0.4) is 0 Å². The average molecular weight is 313 g/mol. The molecule has 124 valence electrons. The number of hydrogen-bond donors (Lipinski definition) is 1. The van der Waals surface area contributed by atoms with Crippen LogP contribution in [-0.2, 0) is 6.54 Å². The maximum atomic E-state index is 4.45. The molecule has 1 atom stereocenters. The first-order chi connectivity index (χ1) is 11.4. The topological polar surface area (TPSA) is 49.7 Å². The molecule has 3 heterocycles. The van der Waals surface area contributed by atoms with Crippen LogP contribution in [0.5, 0.6) is 0 Å². The van der Waals surface area contributed by atoms with Crippen LogP contribution in [0.4, 0.5) is 0 Å². The summed E-state index contributed by atoms with van der Waals surface area (Å²) >= 11 is 0. The van der Waals surface area contributed by atoms with Crippen molar-refractivity contribution >= 4 is 0 Å². The van der Waals surface area contributed by atoms with Crippen LogP contribution in [0.2, 0.25) is 0 Å². The third kappa shape index (κ3) is 3.34. The molecule has 2 aromatic heterocycles. The van der Waals surface area contributed by atoms with Gasteiger partial charge < -0.3 is 4.57 Å². The summed E-state index contributed by atoms with van der Waals surface area (Å²) in [6, 6.07) is 2.80. The first kappa shape index (κ1) is 14.9. The van der Waals surface area contributed by atoms with E-state index in [0.717, 1.165) is 13.1 Å². The van der Waals surface area contributed by atoms with Crippen LogP contribution in [0.1, 0.15) is 68.3 Å². The van der Waals surface area contributed by atoms with Gasteiger partial charge in [0.15, 0.2) is 0 Å². The van der Waals surface area contributed by atoms with E-state index in [1.807, 2.05) is 6.20 Å². The normalized spacial score (nSPS) is 24.1. The molecule has 5 heteroatoms. The molecule has 5 nitrogen and oxygen atoms in total. The Morgan fingerprint density at radius 2 is 2.04 bits per heavy atom. The van der Waals surface area contributed by atoms with E-state index in [0.29, 0.717) is 12.0 Å². The molecular formula is C18H27N5. The third-order valence-corrected chi connectivity index (χ3v) is 5.57. The van der Waals surface area contributed by atoms with Crippen molar-refractivity contribution in [3.8, 4) is 0 Å². The highest BCUT2D eigenvalue weighted by atomic mass is 15.2. The zero-order chi connectivity index (χ0) is 15.5. The summed E-state index contributed by atoms with van der Waals surface area (Å²) in [4.78, 5) is 7.04. The van der Waals surface area contributed by atoms with Crippen LogP contribution >= 0.6 is 0 Å². The van der Waals surface area contributed by atoms with Crippen molar-refractivity contribution in [3.05, 3.63) is 36.2 Å². The van der Waals surface area contributed by atoms with Gasteiger partial charge in [0, 0.05) is 43.1 Å². The molecule has 1 aliphatic carbocycles. The fraction of sp³-hybridized carbons (Fsp3) is 0.667. The monoisotopic (exact) mass is 313 g/mol. The van der Waals surface area contributed by atoms with Gasteiger partial charge in [0.2, 0.25) is 0 Å². The predicted octanol–water partition coefficient (Wildman–Crippen LogP) is 3.49. The van der Waals surface area contributed by atoms with Gasteiger partial charge in [-0.05, 0) is 38.3 Å². The number of imidazole rings is 1. The number of hydrogen-bond acceptors (Lipinski definition) is 3. The summed E-state index contributed by atoms with van der Waals surface area (Å²) in [6.07, 6.45) is 15.3. The van der Waals surface area contributed by atoms with Gasteiger partial charge in [-0.2, -0.15) is 5.10 Å². The summed E-state index contributed by atoms with van der Waals surface area (Å²) < 4.78 is 2.46. The molecule has 0 bridgehead atoms. The molecule has 1 N–H and O–H groups in total. The molecule has 2 aromatic rings. The number of rotatable bonds is 4. The molecule has 0 aromatic carbocycles. The minimum atomic E-state index is 0.595. The first-order valence-electron chi connectivity index (χ1n) is 9.12. The highest BCUT2D eigenvalue weighted by Gasteiger charge is 2.24. The van der Waals surface area contributed by atoms with Crippen molar-refractivity contribution < 1.29 is 0 Å². The SMILES string of the molecule is c1cc([C@H]2CCCN(Cc3cncn3C3CCCCC3)C2)[nH]n1. The Balaban J connectivity index is 1.43. The Morgan fingerprint density at radius 1 is 1.13 bits per heavy atom. The molecular weight excluding hydrogens is 286 g/mol. The number of H-pyrrole nitrogens is 1. The molecule has 0 spiro atoms. The zero-order valence-corrected chi connectivity index (χ0v) is 13.8. The van der Waals surface area contributed by atoms with Gasteiger partial charge in [0.1, 0.15) is 0 Å². The van der Waals surface area contributed by atoms with E-state index >= 15 is 0 Å². The lowest BCUT2D eigenvalue weighted by atomic mass is 9.94. The van der Waals surface area contributed by atoms with Gasteiger partial charge in [0.25, 0.3) is 0 Å². The van der Waals surface area contributed by atoms with E-state index < -0.39 is 0 Å². The Morgan fingerprint density at radius 3 is 2.87 bits per heavy atom. The molecule has 2 aliphatic rings. The molecule has 0 radical (unpaired) electrons. The Bertz CT molecular complexity index is 597. The molecule has 23 heavy (non-hydrogen) atoms. The number of nitrogens with zero attached hydrogens (tertiary/aromatic N) is 4. The largest absolute Gasteiger partial charge is 0.330 e. The number of likely N-dealkylation sites (tertiary alicyclic amines) is 1. The van der Waals surface area contributed by atoms with Gasteiger partial charge in [-0.3, -0.25) is 10.00 Å². The van der Waals surface area contributed by atoms with Crippen LogP contribution in [0.15, 0.2) is 24.8 Å². The Kier molecular flexibility index (Phi) is 4.46. The zero-order valence-electron chi connectivity index (χ0n) is 13.8. The van der Waals surface area contributed by atoms with Crippen molar-refractivity contribution in [2.45, 2.75) is 63.5 Å². The van der Waals surface area contributed by atoms with Gasteiger partial charge in [-0.15, -0.1) is 0 Å². The van der Waals surface area contributed by atoms with Crippen molar-refractivity contribution in [1.82, 2.24) is 24.6 Å². The van der Waals surface area contributed by atoms with Crippen LogP contribution in [0, 0.1) is 0 Å². The smallest absolute Gasteiger partial charge is 0.0951 e. The van der Waals surface area contributed by atoms with Crippen LogP contribution in [-0.4, -0.2) is 37.7 Å². The van der Waals surface area contributed by atoms with Crippen LogP contribution in [0.25, 0.3) is 0 Å². The standard InChI is InChI=1S/C18H27N5/c1-2-6-16(7-3-1)23-14-19-11-17(23)13-22-10-4-5-15(12-22)18-8-9-20-21-18/h8-9,11,14-16H,1-7,10,12-13H2,(H,20,21)/t15-/m0/s1. The number of piperidine rings is 1. The van der Waals surface area contributed by atoms with Gasteiger partial charge in [-0.1, -0.05) is 19.3 Å². The van der Waals surface area contributed by atoms with Crippen molar-refractivity contribution in [1.29, 1.82) is 0 Å². The van der Waals surface area contributed by atoms with E-state index in [9.17, 15) is 0 Å². The first-order valence-corrected chi connectivity index (χ1v) is 9.12. The van der Waals surface area contributed by atoms with Gasteiger partial charge >= 0.3 is 0 Å². The van der Waals surface area contributed by atoms with E-state index in [4.69, 9.17) is 0 Å². The molecule has 1 aliphatic heterocycles. The summed E-state index contributed by atoms with van der Waals surface area (Å²) in [7, 11) is 0. The van der Waals surface area contributed by atoms with Crippen molar-refractivity contribution in [3.63, 3.8) is 0 Å². The quantitative estimate of drug-likeness (QED) is 0.940. The molecule has 1 saturated heterocycles. The second-order valence-electron chi connectivity index (χ2n) is 7.17. The lowest BCUT2D eigenvalue weighted by Gasteiger charge is -2.33. The number of aromatic amines is 1. The summed E-state index contributed by atoms with van der Waals surface area (Å²) in [5.41, 5.74) is 2.68. The third-order valence-electron chi connectivity index (χ3n) is 5.57. The van der Waals surface area contributed by atoms with E-state index in [2.05, 4.69) is 43.2 Å². The van der Waals surface area contributed by atoms with Crippen molar-refractivity contribution in [2.75, 3.05) is 13.1 Å². The van der Waals surface area contributed by atoms with Gasteiger partial charge in [-0.25, -0.2) is 4.98 Å². The second kappa shape index (κ2) is 6.87. The highest BCUT2D eigenvalue weighted by molar-refractivity contribution is 5.08. The van der Waals surface area contributed by atoms with E-state index in [1.165, 1.54) is 62.9 Å². The molecule has 4 rings (SSSR count). The lowest BCUT2D eigenvalue weighted by molar-refractivity contribution is 0.191.